The molecule has 8 heteroatoms. The van der Waals surface area contributed by atoms with Crippen LogP contribution in [0, 0.1) is 0 Å². The highest BCUT2D eigenvalue weighted by atomic mass is 16.5. The molecular formula is C98H56N4O4. The second-order valence-electron chi connectivity index (χ2n) is 28.8. The topological polar surface area (TPSA) is 64.5 Å². The largest absolute Gasteiger partial charge is 0.457 e. The fourth-order valence-electron chi connectivity index (χ4n) is 19.9. The summed E-state index contributed by atoms with van der Waals surface area (Å²) < 4.78 is 36.6. The monoisotopic (exact) mass is 1350 g/mol. The van der Waals surface area contributed by atoms with Crippen LogP contribution in [0.25, 0.3) is 154 Å². The highest BCUT2D eigenvalue weighted by molar-refractivity contribution is 6.18. The zero-order valence-electron chi connectivity index (χ0n) is 56.8. The Morgan fingerprint density at radius 1 is 0.198 bits per heavy atom. The molecule has 22 aromatic rings. The first kappa shape index (κ1) is 56.5. The van der Waals surface area contributed by atoms with E-state index in [2.05, 4.69) is 334 Å². The van der Waals surface area contributed by atoms with Gasteiger partial charge in [0, 0.05) is 104 Å². The van der Waals surface area contributed by atoms with Crippen molar-refractivity contribution in [1.82, 2.24) is 18.3 Å². The lowest BCUT2D eigenvalue weighted by atomic mass is 9.61. The molecule has 2 spiro atoms. The molecule has 0 saturated heterocycles. The lowest BCUT2D eigenvalue weighted by Gasteiger charge is -2.45. The number of ether oxygens (including phenoxy) is 2. The summed E-state index contributed by atoms with van der Waals surface area (Å²) in [6, 6.07) is 123. The minimum absolute atomic E-state index is 0.628. The number of benzene rings is 16. The Labute approximate surface area is 604 Å². The molecule has 0 amide bonds. The van der Waals surface area contributed by atoms with Crippen LogP contribution in [0.2, 0.25) is 0 Å². The minimum Gasteiger partial charge on any atom is -0.457 e. The molecule has 8 nitrogen and oxygen atoms in total. The molecule has 0 fully saturated rings. The molecule has 0 aliphatic carbocycles. The van der Waals surface area contributed by atoms with Crippen LogP contribution >= 0.6 is 0 Å². The maximum absolute atomic E-state index is 7.26. The second-order valence-corrected chi connectivity index (χ2v) is 28.8. The second kappa shape index (κ2) is 20.4. The molecule has 4 aliphatic heterocycles. The van der Waals surface area contributed by atoms with Crippen molar-refractivity contribution in [2.45, 2.75) is 10.8 Å². The van der Waals surface area contributed by atoms with E-state index in [1.807, 2.05) is 24.3 Å². The van der Waals surface area contributed by atoms with Gasteiger partial charge in [-0.05, 0) is 125 Å². The van der Waals surface area contributed by atoms with E-state index in [-0.39, 0.29) is 0 Å². The highest BCUT2D eigenvalue weighted by Crippen LogP contribution is 2.64. The van der Waals surface area contributed by atoms with Gasteiger partial charge >= 0.3 is 0 Å². The molecule has 16 aromatic carbocycles. The van der Waals surface area contributed by atoms with Gasteiger partial charge in [-0.1, -0.05) is 231 Å². The number of hydrogen-bond donors (Lipinski definition) is 0. The molecule has 10 heterocycles. The van der Waals surface area contributed by atoms with Crippen LogP contribution in [0.1, 0.15) is 44.5 Å². The van der Waals surface area contributed by atoms with Gasteiger partial charge in [0.05, 0.1) is 66.3 Å². The lowest BCUT2D eigenvalue weighted by molar-refractivity contribution is 0.434. The Hall–Kier alpha value is -14.1. The van der Waals surface area contributed by atoms with Crippen molar-refractivity contribution in [2.75, 3.05) is 0 Å². The molecule has 106 heavy (non-hydrogen) atoms. The first-order valence-corrected chi connectivity index (χ1v) is 36.4. The summed E-state index contributed by atoms with van der Waals surface area (Å²) in [6.45, 7) is 0. The SMILES string of the molecule is c1ccc2c(c1)Oc1c(ccc3c4ccccc4n(-c4ccc5oc6ccccc6c5c4)c13)C21c2ccccc2-n2c3ccccc3c3cccc1c32.c1ccc2c(c1)Oc1cc3c(cc1C21c2ccccc2-n2c4ccccc4c4cccc1c42)c1ccccc1n3-c1ccc2oc3ccccc3c2c1. The molecule has 26 rings (SSSR count). The first-order chi connectivity index (χ1) is 52.6. The van der Waals surface area contributed by atoms with Crippen molar-refractivity contribution >= 4 is 131 Å². The standard InChI is InChI=1S/2C49H28N2O2/c1-7-20-41-30(12-1)33-15-11-18-38-48(33)51(41)42-21-8-4-16-36(42)49(38)37-17-5-10-23-46(37)53-47-28-43-34(27-39(47)49)31-13-2-6-19-40(31)50(43)29-24-25-45-35(26-29)32-14-3-9-22-44(32)52-45;1-6-19-40-31(13-1)34-25-26-39-48(47(34)50(40)29-24-27-44-35(28-29)32-14-3-9-22-43(32)52-44)53-45-23-10-5-17-37(45)49(39)36-16-4-8-21-42(36)51-41-20-7-2-12-30(41)33-15-11-18-38(49)46(33)51/h2*1-28H. The van der Waals surface area contributed by atoms with Crippen LogP contribution < -0.4 is 9.47 Å². The number of furan rings is 2. The molecule has 0 saturated carbocycles. The van der Waals surface area contributed by atoms with Gasteiger partial charge < -0.3 is 36.6 Å². The van der Waals surface area contributed by atoms with E-state index >= 15 is 0 Å². The van der Waals surface area contributed by atoms with Crippen LogP contribution in [-0.2, 0) is 10.8 Å². The summed E-state index contributed by atoms with van der Waals surface area (Å²) in [5.41, 5.74) is 25.8. The Morgan fingerprint density at radius 3 is 1.15 bits per heavy atom. The van der Waals surface area contributed by atoms with Gasteiger partial charge in [-0.3, -0.25) is 0 Å². The quantitative estimate of drug-likeness (QED) is 0.173. The Morgan fingerprint density at radius 2 is 0.594 bits per heavy atom. The predicted octanol–water partition coefficient (Wildman–Crippen LogP) is 25.2. The van der Waals surface area contributed by atoms with Crippen molar-refractivity contribution in [3.63, 3.8) is 0 Å². The van der Waals surface area contributed by atoms with Gasteiger partial charge in [0.25, 0.3) is 0 Å². The fourth-order valence-corrected chi connectivity index (χ4v) is 19.9. The van der Waals surface area contributed by atoms with Gasteiger partial charge in [-0.2, -0.15) is 0 Å². The van der Waals surface area contributed by atoms with E-state index in [1.54, 1.807) is 0 Å². The molecular weight excluding hydrogens is 1300 g/mol. The third-order valence-electron chi connectivity index (χ3n) is 23.9. The molecule has 0 N–H and O–H groups in total. The number of fused-ring (bicyclic) bond motifs is 35. The van der Waals surface area contributed by atoms with Crippen molar-refractivity contribution in [1.29, 1.82) is 0 Å². The lowest BCUT2D eigenvalue weighted by Crippen LogP contribution is -2.37. The third-order valence-corrected chi connectivity index (χ3v) is 23.9. The summed E-state index contributed by atoms with van der Waals surface area (Å²) in [7, 11) is 0. The Balaban J connectivity index is 0.000000123. The number of hydrogen-bond acceptors (Lipinski definition) is 4. The predicted molar refractivity (Wildman–Crippen MR) is 429 cm³/mol. The Bertz CT molecular complexity index is 7700. The van der Waals surface area contributed by atoms with Crippen molar-refractivity contribution in [3.05, 3.63) is 384 Å². The summed E-state index contributed by atoms with van der Waals surface area (Å²) in [5, 5.41) is 14.2. The zero-order chi connectivity index (χ0) is 68.8. The van der Waals surface area contributed by atoms with Gasteiger partial charge in [-0.15, -0.1) is 0 Å². The van der Waals surface area contributed by atoms with Crippen LogP contribution in [0.15, 0.2) is 349 Å². The summed E-state index contributed by atoms with van der Waals surface area (Å²) >= 11 is 0. The number of aromatic nitrogens is 4. The van der Waals surface area contributed by atoms with Gasteiger partial charge in [0.2, 0.25) is 0 Å². The van der Waals surface area contributed by atoms with Crippen LogP contribution in [0.5, 0.6) is 23.0 Å². The normalized spacial score (nSPS) is 15.8. The zero-order valence-corrected chi connectivity index (χ0v) is 56.8. The summed E-state index contributed by atoms with van der Waals surface area (Å²) in [6.07, 6.45) is 0. The summed E-state index contributed by atoms with van der Waals surface area (Å²) in [5.74, 6) is 3.50. The van der Waals surface area contributed by atoms with Gasteiger partial charge in [0.1, 0.15) is 39.6 Å². The summed E-state index contributed by atoms with van der Waals surface area (Å²) in [4.78, 5) is 0. The van der Waals surface area contributed by atoms with Gasteiger partial charge in [-0.25, -0.2) is 0 Å². The van der Waals surface area contributed by atoms with E-state index in [0.717, 1.165) is 128 Å². The average molecular weight is 1350 g/mol. The number of rotatable bonds is 2. The average Bonchev–Trinajstić information content (AvgIpc) is 1.30. The van der Waals surface area contributed by atoms with Crippen molar-refractivity contribution < 1.29 is 18.3 Å². The van der Waals surface area contributed by atoms with E-state index < -0.39 is 10.8 Å². The van der Waals surface area contributed by atoms with E-state index in [1.165, 1.54) is 93.4 Å². The molecule has 0 radical (unpaired) electrons. The van der Waals surface area contributed by atoms with Crippen LogP contribution in [0.3, 0.4) is 0 Å². The molecule has 2 atom stereocenters. The smallest absolute Gasteiger partial charge is 0.156 e. The first-order valence-electron chi connectivity index (χ1n) is 36.4. The number of nitrogens with zero attached hydrogens (tertiary/aromatic N) is 4. The maximum Gasteiger partial charge on any atom is 0.156 e. The molecule has 0 bridgehead atoms. The molecule has 6 aromatic heterocycles. The molecule has 4 aliphatic rings. The maximum atomic E-state index is 7.26. The molecule has 492 valence electrons. The fraction of sp³-hybridized carbons (Fsp3) is 0.0204. The molecule has 2 unspecified atom stereocenters. The van der Waals surface area contributed by atoms with Crippen molar-refractivity contribution in [2.24, 2.45) is 0 Å². The van der Waals surface area contributed by atoms with Crippen molar-refractivity contribution in [3.8, 4) is 45.7 Å². The minimum atomic E-state index is -0.648. The number of para-hydroxylation sites is 12. The van der Waals surface area contributed by atoms with Crippen LogP contribution in [0.4, 0.5) is 0 Å². The highest BCUT2D eigenvalue weighted by Gasteiger charge is 2.53. The Kier molecular flexibility index (Phi) is 10.9. The van der Waals surface area contributed by atoms with E-state index in [4.69, 9.17) is 18.3 Å². The van der Waals surface area contributed by atoms with E-state index in [0.29, 0.717) is 0 Å². The van der Waals surface area contributed by atoms with E-state index in [9.17, 15) is 0 Å². The van der Waals surface area contributed by atoms with Crippen LogP contribution in [-0.4, -0.2) is 18.3 Å². The third kappa shape index (κ3) is 6.99. The van der Waals surface area contributed by atoms with Gasteiger partial charge in [0.15, 0.2) is 5.75 Å².